The SMILES string of the molecule is Cc1noc(C2CN(C(=O)c3ccc(Cn4ccnc4)o3)CC2C(N)=O)n1. The number of rotatable bonds is 5. The highest BCUT2D eigenvalue weighted by Crippen LogP contribution is 2.32. The van der Waals surface area contributed by atoms with Crippen molar-refractivity contribution in [3.63, 3.8) is 0 Å². The van der Waals surface area contributed by atoms with Crippen molar-refractivity contribution in [3.05, 3.63) is 54.1 Å². The third-order valence-corrected chi connectivity index (χ3v) is 4.60. The van der Waals surface area contributed by atoms with Gasteiger partial charge in [0.15, 0.2) is 11.6 Å². The molecule has 2 atom stereocenters. The van der Waals surface area contributed by atoms with Gasteiger partial charge in [0.05, 0.1) is 24.7 Å². The molecule has 2 amide bonds. The number of aryl methyl sites for hydroxylation is 1. The first-order chi connectivity index (χ1) is 13.0. The summed E-state index contributed by atoms with van der Waals surface area (Å²) >= 11 is 0. The van der Waals surface area contributed by atoms with Crippen LogP contribution >= 0.6 is 0 Å². The van der Waals surface area contributed by atoms with Crippen LogP contribution in [0.15, 0.2) is 39.8 Å². The van der Waals surface area contributed by atoms with E-state index in [4.69, 9.17) is 14.7 Å². The van der Waals surface area contributed by atoms with Gasteiger partial charge in [-0.05, 0) is 19.1 Å². The maximum Gasteiger partial charge on any atom is 0.289 e. The standard InChI is InChI=1S/C17H18N6O4/c1-10-20-16(27-21-10)13-8-23(7-12(13)15(18)24)17(25)14-3-2-11(26-14)6-22-5-4-19-9-22/h2-5,9,12-13H,6-8H2,1H3,(H2,18,24). The van der Waals surface area contributed by atoms with Gasteiger partial charge in [-0.15, -0.1) is 0 Å². The number of carbonyl (C=O) groups is 2. The smallest absolute Gasteiger partial charge is 0.289 e. The number of hydrogen-bond acceptors (Lipinski definition) is 7. The summed E-state index contributed by atoms with van der Waals surface area (Å²) in [5.41, 5.74) is 5.51. The van der Waals surface area contributed by atoms with Crippen molar-refractivity contribution in [3.8, 4) is 0 Å². The Morgan fingerprint density at radius 2 is 2.19 bits per heavy atom. The summed E-state index contributed by atoms with van der Waals surface area (Å²) in [5.74, 6) is -0.215. The van der Waals surface area contributed by atoms with Gasteiger partial charge in [-0.2, -0.15) is 4.98 Å². The normalized spacial score (nSPS) is 19.5. The summed E-state index contributed by atoms with van der Waals surface area (Å²) in [5, 5.41) is 3.75. The fourth-order valence-electron chi connectivity index (χ4n) is 3.27. The predicted molar refractivity (Wildman–Crippen MR) is 90.4 cm³/mol. The van der Waals surface area contributed by atoms with Crippen molar-refractivity contribution < 1.29 is 18.5 Å². The lowest BCUT2D eigenvalue weighted by Gasteiger charge is -2.13. The molecule has 3 aromatic rings. The number of carbonyl (C=O) groups excluding carboxylic acids is 2. The van der Waals surface area contributed by atoms with E-state index >= 15 is 0 Å². The van der Waals surface area contributed by atoms with Gasteiger partial charge in [-0.3, -0.25) is 9.59 Å². The summed E-state index contributed by atoms with van der Waals surface area (Å²) in [7, 11) is 0. The first kappa shape index (κ1) is 17.0. The molecule has 27 heavy (non-hydrogen) atoms. The predicted octanol–water partition coefficient (Wildman–Crippen LogP) is 0.557. The van der Waals surface area contributed by atoms with E-state index in [-0.39, 0.29) is 24.8 Å². The van der Waals surface area contributed by atoms with Crippen LogP contribution < -0.4 is 5.73 Å². The first-order valence-corrected chi connectivity index (χ1v) is 8.44. The highest BCUT2D eigenvalue weighted by atomic mass is 16.5. The number of hydrogen-bond donors (Lipinski definition) is 1. The van der Waals surface area contributed by atoms with Crippen molar-refractivity contribution in [2.24, 2.45) is 11.7 Å². The largest absolute Gasteiger partial charge is 0.454 e. The van der Waals surface area contributed by atoms with E-state index in [9.17, 15) is 9.59 Å². The van der Waals surface area contributed by atoms with Crippen LogP contribution in [0.4, 0.5) is 0 Å². The number of imidazole rings is 1. The average molecular weight is 370 g/mol. The van der Waals surface area contributed by atoms with Gasteiger partial charge in [0, 0.05) is 25.5 Å². The monoisotopic (exact) mass is 370 g/mol. The van der Waals surface area contributed by atoms with Gasteiger partial charge in [0.1, 0.15) is 5.76 Å². The second-order valence-electron chi connectivity index (χ2n) is 6.51. The molecule has 2 N–H and O–H groups in total. The summed E-state index contributed by atoms with van der Waals surface area (Å²) in [6.45, 7) is 2.60. The number of primary amides is 1. The van der Waals surface area contributed by atoms with Gasteiger partial charge in [-0.25, -0.2) is 4.98 Å². The molecule has 0 bridgehead atoms. The molecule has 0 radical (unpaired) electrons. The zero-order valence-corrected chi connectivity index (χ0v) is 14.6. The molecule has 1 aliphatic heterocycles. The van der Waals surface area contributed by atoms with Gasteiger partial charge in [-0.1, -0.05) is 5.16 Å². The Morgan fingerprint density at radius 3 is 2.85 bits per heavy atom. The number of aromatic nitrogens is 4. The van der Waals surface area contributed by atoms with E-state index in [1.54, 1.807) is 37.8 Å². The van der Waals surface area contributed by atoms with E-state index in [0.29, 0.717) is 24.0 Å². The van der Waals surface area contributed by atoms with Gasteiger partial charge >= 0.3 is 0 Å². The minimum atomic E-state index is -0.589. The van der Waals surface area contributed by atoms with Crippen molar-refractivity contribution >= 4 is 11.8 Å². The summed E-state index contributed by atoms with van der Waals surface area (Å²) in [4.78, 5) is 34.3. The zero-order valence-electron chi connectivity index (χ0n) is 14.6. The summed E-state index contributed by atoms with van der Waals surface area (Å²) in [6, 6.07) is 3.37. The molecule has 10 heteroatoms. The van der Waals surface area contributed by atoms with Crippen molar-refractivity contribution in [2.45, 2.75) is 19.4 Å². The molecule has 0 aromatic carbocycles. The number of nitrogens with two attached hydrogens (primary N) is 1. The Kier molecular flexibility index (Phi) is 4.22. The fraction of sp³-hybridized carbons (Fsp3) is 0.353. The van der Waals surface area contributed by atoms with Crippen LogP contribution in [0.25, 0.3) is 0 Å². The Balaban J connectivity index is 1.50. The van der Waals surface area contributed by atoms with Crippen LogP contribution in [-0.4, -0.2) is 49.5 Å². The van der Waals surface area contributed by atoms with Gasteiger partial charge < -0.3 is 24.1 Å². The highest BCUT2D eigenvalue weighted by molar-refractivity contribution is 5.92. The van der Waals surface area contributed by atoms with Gasteiger partial charge in [0.25, 0.3) is 5.91 Å². The summed E-state index contributed by atoms with van der Waals surface area (Å²) in [6.07, 6.45) is 5.14. The Hall–Kier alpha value is -3.43. The van der Waals surface area contributed by atoms with Crippen LogP contribution in [0.3, 0.4) is 0 Å². The molecular weight excluding hydrogens is 352 g/mol. The molecular formula is C17H18N6O4. The Morgan fingerprint density at radius 1 is 1.33 bits per heavy atom. The van der Waals surface area contributed by atoms with E-state index in [1.165, 1.54) is 4.90 Å². The van der Waals surface area contributed by atoms with E-state index in [2.05, 4.69) is 15.1 Å². The zero-order chi connectivity index (χ0) is 19.0. The molecule has 2 unspecified atom stereocenters. The average Bonchev–Trinajstić information content (AvgIpc) is 3.41. The fourth-order valence-corrected chi connectivity index (χ4v) is 3.27. The quantitative estimate of drug-likeness (QED) is 0.693. The van der Waals surface area contributed by atoms with Crippen LogP contribution in [0.5, 0.6) is 0 Å². The van der Waals surface area contributed by atoms with Crippen LogP contribution in [0.2, 0.25) is 0 Å². The maximum atomic E-state index is 12.8. The molecule has 0 saturated carbocycles. The van der Waals surface area contributed by atoms with Crippen molar-refractivity contribution in [1.29, 1.82) is 0 Å². The molecule has 1 fully saturated rings. The molecule has 0 aliphatic carbocycles. The van der Waals surface area contributed by atoms with E-state index in [0.717, 1.165) is 0 Å². The topological polar surface area (TPSA) is 133 Å². The van der Waals surface area contributed by atoms with Crippen LogP contribution in [0, 0.1) is 12.8 Å². The lowest BCUT2D eigenvalue weighted by Crippen LogP contribution is -2.31. The second kappa shape index (κ2) is 6.71. The molecule has 1 aliphatic rings. The van der Waals surface area contributed by atoms with Crippen molar-refractivity contribution in [2.75, 3.05) is 13.1 Å². The second-order valence-corrected chi connectivity index (χ2v) is 6.51. The number of likely N-dealkylation sites (tertiary alicyclic amines) is 1. The molecule has 3 aromatic heterocycles. The summed E-state index contributed by atoms with van der Waals surface area (Å²) < 4.78 is 12.7. The Labute approximate surface area is 154 Å². The molecule has 1 saturated heterocycles. The molecule has 4 rings (SSSR count). The minimum absolute atomic E-state index is 0.178. The van der Waals surface area contributed by atoms with E-state index < -0.39 is 17.7 Å². The van der Waals surface area contributed by atoms with Crippen LogP contribution in [0.1, 0.15) is 33.9 Å². The molecule has 10 nitrogen and oxygen atoms in total. The lowest BCUT2D eigenvalue weighted by molar-refractivity contribution is -0.121. The number of furan rings is 1. The third kappa shape index (κ3) is 3.33. The molecule has 140 valence electrons. The van der Waals surface area contributed by atoms with Crippen LogP contribution in [-0.2, 0) is 11.3 Å². The number of amides is 2. The maximum absolute atomic E-state index is 12.8. The molecule has 0 spiro atoms. The first-order valence-electron chi connectivity index (χ1n) is 8.44. The highest BCUT2D eigenvalue weighted by Gasteiger charge is 2.43. The molecule has 4 heterocycles. The lowest BCUT2D eigenvalue weighted by atomic mass is 9.95. The number of nitrogens with zero attached hydrogens (tertiary/aromatic N) is 5. The minimum Gasteiger partial charge on any atom is -0.454 e. The van der Waals surface area contributed by atoms with E-state index in [1.807, 2.05) is 4.57 Å². The Bertz CT molecular complexity index is 960. The van der Waals surface area contributed by atoms with Crippen molar-refractivity contribution in [1.82, 2.24) is 24.6 Å². The third-order valence-electron chi connectivity index (χ3n) is 4.60. The van der Waals surface area contributed by atoms with Gasteiger partial charge in [0.2, 0.25) is 11.8 Å².